The highest BCUT2D eigenvalue weighted by Crippen LogP contribution is 2.08. The van der Waals surface area contributed by atoms with Crippen molar-refractivity contribution in [3.05, 3.63) is 0 Å². The summed E-state index contributed by atoms with van der Waals surface area (Å²) in [6.45, 7) is 1.71. The molecule has 0 radical (unpaired) electrons. The second-order valence-corrected chi connectivity index (χ2v) is 2.75. The molecular weight excluding hydrogens is 168 g/mol. The fraction of sp³-hybridized carbons (Fsp3) is 0.714. The Bertz CT molecular complexity index is 156. The van der Waals surface area contributed by atoms with Gasteiger partial charge in [-0.15, -0.1) is 11.6 Å². The number of halogens is 1. The van der Waals surface area contributed by atoms with E-state index in [0.29, 0.717) is 6.42 Å². The minimum atomic E-state index is -0.917. The van der Waals surface area contributed by atoms with Gasteiger partial charge < -0.3 is 5.11 Å². The number of carboxylic acids is 1. The van der Waals surface area contributed by atoms with E-state index < -0.39 is 11.3 Å². The van der Waals surface area contributed by atoms with Crippen LogP contribution in [0.5, 0.6) is 0 Å². The molecule has 0 aliphatic rings. The molecule has 4 heteroatoms. The lowest BCUT2D eigenvalue weighted by atomic mass is 10.1. The van der Waals surface area contributed by atoms with Gasteiger partial charge >= 0.3 is 5.97 Å². The average Bonchev–Trinajstić information content (AvgIpc) is 1.98. The van der Waals surface area contributed by atoms with Crippen molar-refractivity contribution < 1.29 is 14.7 Å². The molecule has 0 aliphatic carbocycles. The first-order valence-corrected chi connectivity index (χ1v) is 3.90. The molecule has 64 valence electrons. The van der Waals surface area contributed by atoms with Gasteiger partial charge in [0.05, 0.1) is 5.38 Å². The number of carbonyl (C=O) groups is 2. The molecule has 0 aromatic rings. The molecule has 1 atom stereocenters. The molecule has 0 aromatic carbocycles. The van der Waals surface area contributed by atoms with Gasteiger partial charge in [-0.2, -0.15) is 0 Å². The standard InChI is InChI=1S/C7H11ClO3/c1-2-6(9)5(8)3-4-7(10)11/h5H,2-4H2,1H3,(H,10,11). The van der Waals surface area contributed by atoms with E-state index in [-0.39, 0.29) is 18.6 Å². The van der Waals surface area contributed by atoms with E-state index in [9.17, 15) is 9.59 Å². The largest absolute Gasteiger partial charge is 0.481 e. The van der Waals surface area contributed by atoms with Gasteiger partial charge in [-0.05, 0) is 6.42 Å². The molecule has 0 spiro atoms. The fourth-order valence-corrected chi connectivity index (χ4v) is 0.896. The van der Waals surface area contributed by atoms with Gasteiger partial charge in [0.15, 0.2) is 0 Å². The number of rotatable bonds is 5. The van der Waals surface area contributed by atoms with Crippen LogP contribution in [-0.4, -0.2) is 22.2 Å². The highest BCUT2D eigenvalue weighted by atomic mass is 35.5. The summed E-state index contributed by atoms with van der Waals surface area (Å²) in [6.07, 6.45) is 0.553. The minimum Gasteiger partial charge on any atom is -0.481 e. The summed E-state index contributed by atoms with van der Waals surface area (Å²) >= 11 is 5.56. The van der Waals surface area contributed by atoms with Crippen molar-refractivity contribution in [3.8, 4) is 0 Å². The van der Waals surface area contributed by atoms with Crippen molar-refractivity contribution in [1.82, 2.24) is 0 Å². The van der Waals surface area contributed by atoms with Crippen LogP contribution in [0.15, 0.2) is 0 Å². The van der Waals surface area contributed by atoms with Crippen molar-refractivity contribution >= 4 is 23.4 Å². The van der Waals surface area contributed by atoms with Crippen LogP contribution in [0.4, 0.5) is 0 Å². The Labute approximate surface area is 70.3 Å². The molecule has 0 amide bonds. The summed E-state index contributed by atoms with van der Waals surface area (Å²) in [4.78, 5) is 20.8. The number of ketones is 1. The third-order valence-electron chi connectivity index (χ3n) is 1.31. The summed E-state index contributed by atoms with van der Waals surface area (Å²) in [7, 11) is 0. The molecule has 0 aromatic heterocycles. The van der Waals surface area contributed by atoms with E-state index in [1.165, 1.54) is 0 Å². The van der Waals surface area contributed by atoms with E-state index in [2.05, 4.69) is 0 Å². The minimum absolute atomic E-state index is 0.0418. The lowest BCUT2D eigenvalue weighted by molar-refractivity contribution is -0.137. The molecule has 1 N–H and O–H groups in total. The van der Waals surface area contributed by atoms with E-state index in [0.717, 1.165) is 0 Å². The van der Waals surface area contributed by atoms with Crippen molar-refractivity contribution in [3.63, 3.8) is 0 Å². The first-order chi connectivity index (χ1) is 5.07. The molecule has 3 nitrogen and oxygen atoms in total. The van der Waals surface area contributed by atoms with Crippen LogP contribution in [0.2, 0.25) is 0 Å². The van der Waals surface area contributed by atoms with Gasteiger partial charge in [-0.1, -0.05) is 6.92 Å². The van der Waals surface area contributed by atoms with Crippen LogP contribution in [0.1, 0.15) is 26.2 Å². The third-order valence-corrected chi connectivity index (χ3v) is 1.77. The van der Waals surface area contributed by atoms with Crippen LogP contribution in [0.3, 0.4) is 0 Å². The highest BCUT2D eigenvalue weighted by Gasteiger charge is 2.13. The van der Waals surface area contributed by atoms with Crippen molar-refractivity contribution in [2.45, 2.75) is 31.6 Å². The van der Waals surface area contributed by atoms with Crippen LogP contribution >= 0.6 is 11.6 Å². The Morgan fingerprint density at radius 3 is 2.45 bits per heavy atom. The topological polar surface area (TPSA) is 54.4 Å². The predicted molar refractivity (Wildman–Crippen MR) is 41.8 cm³/mol. The molecule has 0 bridgehead atoms. The third kappa shape index (κ3) is 4.79. The molecule has 0 saturated heterocycles. The maximum Gasteiger partial charge on any atom is 0.303 e. The normalized spacial score (nSPS) is 12.5. The summed E-state index contributed by atoms with van der Waals surface area (Å²) in [5.41, 5.74) is 0. The summed E-state index contributed by atoms with van der Waals surface area (Å²) in [5, 5.41) is 7.62. The zero-order chi connectivity index (χ0) is 8.85. The first-order valence-electron chi connectivity index (χ1n) is 3.46. The Kier molecular flexibility index (Phi) is 4.86. The second kappa shape index (κ2) is 5.13. The lowest BCUT2D eigenvalue weighted by Crippen LogP contribution is -2.14. The number of carbonyl (C=O) groups excluding carboxylic acids is 1. The second-order valence-electron chi connectivity index (χ2n) is 2.22. The van der Waals surface area contributed by atoms with Gasteiger partial charge in [0, 0.05) is 12.8 Å². The number of hydrogen-bond acceptors (Lipinski definition) is 2. The lowest BCUT2D eigenvalue weighted by Gasteiger charge is -2.03. The number of aliphatic carboxylic acids is 1. The smallest absolute Gasteiger partial charge is 0.303 e. The highest BCUT2D eigenvalue weighted by molar-refractivity contribution is 6.31. The maximum atomic E-state index is 10.8. The van der Waals surface area contributed by atoms with E-state index in [4.69, 9.17) is 16.7 Å². The van der Waals surface area contributed by atoms with Gasteiger partial charge in [0.1, 0.15) is 5.78 Å². The molecule has 0 heterocycles. The van der Waals surface area contributed by atoms with Crippen LogP contribution in [0.25, 0.3) is 0 Å². The monoisotopic (exact) mass is 178 g/mol. The summed E-state index contributed by atoms with van der Waals surface area (Å²) in [5.74, 6) is -1.01. The average molecular weight is 179 g/mol. The SMILES string of the molecule is CCC(=O)C(Cl)CCC(=O)O. The predicted octanol–water partition coefficient (Wildman–Crippen LogP) is 1.44. The number of hydrogen-bond donors (Lipinski definition) is 1. The zero-order valence-corrected chi connectivity index (χ0v) is 7.10. The Balaban J connectivity index is 3.60. The molecule has 1 unspecified atom stereocenters. The van der Waals surface area contributed by atoms with Crippen molar-refractivity contribution in [2.75, 3.05) is 0 Å². The van der Waals surface area contributed by atoms with Crippen molar-refractivity contribution in [1.29, 1.82) is 0 Å². The van der Waals surface area contributed by atoms with Gasteiger partial charge in [0.25, 0.3) is 0 Å². The Hall–Kier alpha value is -0.570. The molecule has 0 fully saturated rings. The first kappa shape index (κ1) is 10.4. The zero-order valence-electron chi connectivity index (χ0n) is 6.34. The van der Waals surface area contributed by atoms with E-state index in [1.54, 1.807) is 6.92 Å². The van der Waals surface area contributed by atoms with Gasteiger partial charge in [0.2, 0.25) is 0 Å². The van der Waals surface area contributed by atoms with Crippen molar-refractivity contribution in [2.24, 2.45) is 0 Å². The molecule has 0 aliphatic heterocycles. The molecular formula is C7H11ClO3. The summed E-state index contributed by atoms with van der Waals surface area (Å²) in [6, 6.07) is 0. The van der Waals surface area contributed by atoms with Crippen LogP contribution in [0, 0.1) is 0 Å². The summed E-state index contributed by atoms with van der Waals surface area (Å²) < 4.78 is 0. The molecule has 11 heavy (non-hydrogen) atoms. The number of carboxylic acid groups (broad SMARTS) is 1. The fourth-order valence-electron chi connectivity index (χ4n) is 0.633. The maximum absolute atomic E-state index is 10.8. The molecule has 0 saturated carbocycles. The molecule has 0 rings (SSSR count). The number of Topliss-reactive ketones (excluding diaryl/α,β-unsaturated/α-hetero) is 1. The van der Waals surface area contributed by atoms with Gasteiger partial charge in [-0.25, -0.2) is 0 Å². The van der Waals surface area contributed by atoms with E-state index in [1.807, 2.05) is 0 Å². The Morgan fingerprint density at radius 2 is 2.09 bits per heavy atom. The number of alkyl halides is 1. The quantitative estimate of drug-likeness (QED) is 0.649. The van der Waals surface area contributed by atoms with Gasteiger partial charge in [-0.3, -0.25) is 9.59 Å². The van der Waals surface area contributed by atoms with Crippen LogP contribution < -0.4 is 0 Å². The van der Waals surface area contributed by atoms with Crippen LogP contribution in [-0.2, 0) is 9.59 Å². The van der Waals surface area contributed by atoms with E-state index >= 15 is 0 Å². The Morgan fingerprint density at radius 1 is 1.55 bits per heavy atom.